The van der Waals surface area contributed by atoms with Gasteiger partial charge in [-0.2, -0.15) is 0 Å². The summed E-state index contributed by atoms with van der Waals surface area (Å²) in [6.07, 6.45) is 2.65. The van der Waals surface area contributed by atoms with Gasteiger partial charge in [-0.1, -0.05) is 60.7 Å². The molecule has 6 unspecified atom stereocenters. The summed E-state index contributed by atoms with van der Waals surface area (Å²) in [5.41, 5.74) is 1.58. The number of hydrogen-bond donors (Lipinski definition) is 1. The highest BCUT2D eigenvalue weighted by atomic mass is 16.1. The zero-order valence-corrected chi connectivity index (χ0v) is 18.1. The molecule has 9 rings (SSSR count). The third-order valence-corrected chi connectivity index (χ3v) is 9.15. The average Bonchev–Trinajstić information content (AvgIpc) is 2.80. The lowest BCUT2D eigenvalue weighted by Crippen LogP contribution is -2.85. The van der Waals surface area contributed by atoms with Gasteiger partial charge in [-0.15, -0.1) is 0 Å². The summed E-state index contributed by atoms with van der Waals surface area (Å²) < 4.78 is 0. The maximum Gasteiger partial charge on any atom is 0.145 e. The van der Waals surface area contributed by atoms with Crippen molar-refractivity contribution in [3.8, 4) is 0 Å². The number of ketones is 2. The van der Waals surface area contributed by atoms with Gasteiger partial charge in [-0.3, -0.25) is 9.59 Å². The second kappa shape index (κ2) is 6.85. The lowest BCUT2D eigenvalue weighted by molar-refractivity contribution is -0.242. The molecule has 0 aromatic heterocycles. The van der Waals surface area contributed by atoms with E-state index in [4.69, 9.17) is 0 Å². The van der Waals surface area contributed by atoms with Crippen LogP contribution in [-0.4, -0.2) is 48.7 Å². The van der Waals surface area contributed by atoms with Crippen molar-refractivity contribution in [1.82, 2.24) is 10.2 Å². The van der Waals surface area contributed by atoms with Crippen LogP contribution in [0.2, 0.25) is 0 Å². The predicted molar refractivity (Wildman–Crippen MR) is 120 cm³/mol. The molecule has 2 aromatic carbocycles. The maximum atomic E-state index is 13.9. The van der Waals surface area contributed by atoms with Crippen molar-refractivity contribution in [1.29, 1.82) is 0 Å². The fourth-order valence-electron chi connectivity index (χ4n) is 7.86. The van der Waals surface area contributed by atoms with Gasteiger partial charge in [0.05, 0.1) is 10.8 Å². The zero-order chi connectivity index (χ0) is 21.2. The molecule has 160 valence electrons. The number of benzene rings is 2. The van der Waals surface area contributed by atoms with Crippen LogP contribution in [0.15, 0.2) is 60.7 Å². The Morgan fingerprint density at radius 3 is 2.06 bits per heavy atom. The summed E-state index contributed by atoms with van der Waals surface area (Å²) in [7, 11) is 2.17. The third kappa shape index (κ3) is 2.55. The first-order chi connectivity index (χ1) is 15.1. The normalized spacial score (nSPS) is 37.8. The minimum atomic E-state index is -0.315. The van der Waals surface area contributed by atoms with E-state index in [0.717, 1.165) is 37.1 Å². The molecule has 0 amide bonds. The number of piperidine rings is 4. The second-order valence-corrected chi connectivity index (χ2v) is 10.3. The van der Waals surface area contributed by atoms with Crippen molar-refractivity contribution < 1.29 is 9.59 Å². The minimum Gasteiger partial charge on any atom is -0.313 e. The number of carbonyl (C=O) groups excluding carboxylic acids is 2. The van der Waals surface area contributed by atoms with Crippen molar-refractivity contribution in [2.75, 3.05) is 20.1 Å². The smallest absolute Gasteiger partial charge is 0.145 e. The number of nitrogens with one attached hydrogen (secondary N) is 1. The van der Waals surface area contributed by atoms with Crippen molar-refractivity contribution in [3.05, 3.63) is 71.8 Å². The van der Waals surface area contributed by atoms with Gasteiger partial charge in [-0.05, 0) is 49.4 Å². The standard InChI is InChI=1S/C27H30N2O2/c1-29-17-21-20-16-28-22-14-27(20,25(31)13-19-10-6-3-7-11-19)23(29)15-26(21,22)24(30)12-18-8-4-2-5-9-18/h2-11,20-23,28H,12-17H2,1H3. The first-order valence-corrected chi connectivity index (χ1v) is 11.6. The monoisotopic (exact) mass is 414 g/mol. The number of carbonyl (C=O) groups is 2. The molecule has 3 saturated carbocycles. The molecule has 7 fully saturated rings. The summed E-state index contributed by atoms with van der Waals surface area (Å²) >= 11 is 0. The molecule has 4 heteroatoms. The molecule has 2 aromatic rings. The van der Waals surface area contributed by atoms with Crippen LogP contribution in [0.5, 0.6) is 0 Å². The van der Waals surface area contributed by atoms with Gasteiger partial charge in [0.25, 0.3) is 0 Å². The highest BCUT2D eigenvalue weighted by Gasteiger charge is 2.77. The molecule has 1 N–H and O–H groups in total. The Bertz CT molecular complexity index is 1020. The van der Waals surface area contributed by atoms with Crippen LogP contribution < -0.4 is 5.32 Å². The van der Waals surface area contributed by atoms with Crippen LogP contribution in [0.1, 0.15) is 24.0 Å². The summed E-state index contributed by atoms with van der Waals surface area (Å²) in [5, 5.41) is 3.71. The number of nitrogens with zero attached hydrogens (tertiary/aromatic N) is 1. The zero-order valence-electron chi connectivity index (χ0n) is 18.1. The van der Waals surface area contributed by atoms with Gasteiger partial charge in [0.15, 0.2) is 0 Å². The molecule has 4 heterocycles. The Morgan fingerprint density at radius 2 is 1.45 bits per heavy atom. The minimum absolute atomic E-state index is 0.128. The van der Waals surface area contributed by atoms with Crippen molar-refractivity contribution in [2.24, 2.45) is 22.7 Å². The van der Waals surface area contributed by atoms with E-state index >= 15 is 0 Å². The van der Waals surface area contributed by atoms with Crippen molar-refractivity contribution in [2.45, 2.75) is 37.8 Å². The molecule has 31 heavy (non-hydrogen) atoms. The van der Waals surface area contributed by atoms with Gasteiger partial charge in [-0.25, -0.2) is 0 Å². The van der Waals surface area contributed by atoms with Crippen LogP contribution in [0, 0.1) is 22.7 Å². The first kappa shape index (κ1) is 19.4. The highest BCUT2D eigenvalue weighted by molar-refractivity contribution is 5.94. The molecule has 0 radical (unpaired) electrons. The van der Waals surface area contributed by atoms with E-state index in [1.807, 2.05) is 36.4 Å². The van der Waals surface area contributed by atoms with E-state index in [9.17, 15) is 9.59 Å². The van der Waals surface area contributed by atoms with Gasteiger partial charge >= 0.3 is 0 Å². The Morgan fingerprint density at radius 1 is 0.871 bits per heavy atom. The van der Waals surface area contributed by atoms with E-state index in [1.165, 1.54) is 0 Å². The lowest BCUT2D eigenvalue weighted by atomic mass is 9.35. The molecule has 4 aliphatic heterocycles. The second-order valence-electron chi connectivity index (χ2n) is 10.3. The molecule has 7 aliphatic rings. The van der Waals surface area contributed by atoms with Crippen LogP contribution in [0.3, 0.4) is 0 Å². The lowest BCUT2D eigenvalue weighted by Gasteiger charge is -2.75. The Kier molecular flexibility index (Phi) is 4.28. The summed E-state index contributed by atoms with van der Waals surface area (Å²) in [4.78, 5) is 30.2. The molecule has 6 bridgehead atoms. The molecular weight excluding hydrogens is 384 g/mol. The number of rotatable bonds is 6. The van der Waals surface area contributed by atoms with Gasteiger partial charge in [0.1, 0.15) is 11.6 Å². The van der Waals surface area contributed by atoms with Crippen LogP contribution in [-0.2, 0) is 22.4 Å². The number of Topliss-reactive ketones (excluding diaryl/α,β-unsaturated/α-hetero) is 2. The van der Waals surface area contributed by atoms with Crippen LogP contribution in [0.25, 0.3) is 0 Å². The summed E-state index contributed by atoms with van der Waals surface area (Å²) in [5.74, 6) is 1.31. The maximum absolute atomic E-state index is 13.9. The van der Waals surface area contributed by atoms with E-state index in [0.29, 0.717) is 24.4 Å². The quantitative estimate of drug-likeness (QED) is 0.790. The van der Waals surface area contributed by atoms with E-state index in [2.05, 4.69) is 41.5 Å². The molecule has 3 aliphatic carbocycles. The molecule has 6 atom stereocenters. The average molecular weight is 415 g/mol. The van der Waals surface area contributed by atoms with Crippen LogP contribution in [0.4, 0.5) is 0 Å². The summed E-state index contributed by atoms with van der Waals surface area (Å²) in [6.45, 7) is 1.81. The highest BCUT2D eigenvalue weighted by Crippen LogP contribution is 2.69. The van der Waals surface area contributed by atoms with Crippen molar-refractivity contribution >= 4 is 11.6 Å². The van der Waals surface area contributed by atoms with Gasteiger partial charge < -0.3 is 10.2 Å². The third-order valence-electron chi connectivity index (χ3n) is 9.15. The molecule has 0 spiro atoms. The Hall–Kier alpha value is -2.30. The molecular formula is C27H30N2O2. The van der Waals surface area contributed by atoms with Gasteiger partial charge in [0, 0.05) is 31.5 Å². The molecule has 4 nitrogen and oxygen atoms in total. The number of hydrogen-bond acceptors (Lipinski definition) is 4. The van der Waals surface area contributed by atoms with E-state index in [-0.39, 0.29) is 34.7 Å². The Balaban J connectivity index is 1.35. The SMILES string of the molecule is CN1CC2C3CNC4CC3(C(=O)Cc3ccccc3)C1CC42C(=O)Cc1ccccc1. The fraction of sp³-hybridized carbons (Fsp3) is 0.481. The number of fused-ring (bicyclic) bond motifs is 2. The van der Waals surface area contributed by atoms with Gasteiger partial charge in [0.2, 0.25) is 0 Å². The predicted octanol–water partition coefficient (Wildman–Crippen LogP) is 2.91. The van der Waals surface area contributed by atoms with E-state index < -0.39 is 0 Å². The van der Waals surface area contributed by atoms with Crippen molar-refractivity contribution in [3.63, 3.8) is 0 Å². The molecule has 4 saturated heterocycles. The van der Waals surface area contributed by atoms with E-state index in [1.54, 1.807) is 0 Å². The largest absolute Gasteiger partial charge is 0.313 e. The fourth-order valence-corrected chi connectivity index (χ4v) is 7.86. The summed E-state index contributed by atoms with van der Waals surface area (Å²) in [6, 6.07) is 20.6. The first-order valence-electron chi connectivity index (χ1n) is 11.6. The van der Waals surface area contributed by atoms with Crippen LogP contribution >= 0.6 is 0 Å². The Labute approximate surface area is 184 Å². The topological polar surface area (TPSA) is 49.4 Å².